The molecule has 124 valence electrons. The number of likely N-dealkylation sites (tertiary alicyclic amines) is 1. The van der Waals surface area contributed by atoms with Crippen LogP contribution in [0.1, 0.15) is 18.4 Å². The second kappa shape index (κ2) is 7.73. The number of carbonyl (C=O) groups excluding carboxylic acids is 2. The third-order valence-electron chi connectivity index (χ3n) is 3.87. The minimum absolute atomic E-state index is 0.276. The van der Waals surface area contributed by atoms with Crippen molar-refractivity contribution in [3.05, 3.63) is 35.9 Å². The second-order valence-corrected chi connectivity index (χ2v) is 5.60. The average molecular weight is 319 g/mol. The molecule has 7 heteroatoms. The summed E-state index contributed by atoms with van der Waals surface area (Å²) < 4.78 is 0. The Balaban J connectivity index is 1.96. The first kappa shape index (κ1) is 17.0. The first-order valence-electron chi connectivity index (χ1n) is 7.58. The summed E-state index contributed by atoms with van der Waals surface area (Å²) in [4.78, 5) is 36.5. The molecule has 1 aromatic carbocycles. The molecule has 7 nitrogen and oxygen atoms in total. The highest BCUT2D eigenvalue weighted by atomic mass is 16.4. The summed E-state index contributed by atoms with van der Waals surface area (Å²) in [6, 6.07) is 8.09. The fraction of sp³-hybridized carbons (Fsp3) is 0.438. The number of benzene rings is 1. The van der Waals surface area contributed by atoms with Gasteiger partial charge in [-0.25, -0.2) is 0 Å². The number of nitrogens with zero attached hydrogens (tertiary/aromatic N) is 1. The lowest BCUT2D eigenvalue weighted by Crippen LogP contribution is -2.52. The lowest BCUT2D eigenvalue weighted by atomic mass is 10.1. The number of hydrogen-bond donors (Lipinski definition) is 3. The largest absolute Gasteiger partial charge is 0.480 e. The van der Waals surface area contributed by atoms with Crippen molar-refractivity contribution in [2.75, 3.05) is 13.1 Å². The van der Waals surface area contributed by atoms with Gasteiger partial charge >= 0.3 is 5.97 Å². The fourth-order valence-electron chi connectivity index (χ4n) is 2.75. The van der Waals surface area contributed by atoms with E-state index >= 15 is 0 Å². The van der Waals surface area contributed by atoms with Crippen LogP contribution in [0.4, 0.5) is 0 Å². The molecular weight excluding hydrogens is 298 g/mol. The minimum Gasteiger partial charge on any atom is -0.480 e. The molecule has 2 atom stereocenters. The van der Waals surface area contributed by atoms with Gasteiger partial charge in [-0.2, -0.15) is 0 Å². The molecule has 0 unspecified atom stereocenters. The van der Waals surface area contributed by atoms with Crippen molar-refractivity contribution >= 4 is 17.8 Å². The van der Waals surface area contributed by atoms with Crippen LogP contribution in [-0.4, -0.2) is 53.0 Å². The van der Waals surface area contributed by atoms with Gasteiger partial charge in [-0.05, 0) is 24.8 Å². The van der Waals surface area contributed by atoms with Crippen LogP contribution in [0.3, 0.4) is 0 Å². The molecule has 0 aromatic heterocycles. The Morgan fingerprint density at radius 3 is 2.65 bits per heavy atom. The number of nitrogens with one attached hydrogen (secondary N) is 1. The van der Waals surface area contributed by atoms with Crippen molar-refractivity contribution in [1.82, 2.24) is 10.2 Å². The molecule has 4 N–H and O–H groups in total. The quantitative estimate of drug-likeness (QED) is 0.669. The van der Waals surface area contributed by atoms with E-state index in [9.17, 15) is 14.4 Å². The van der Waals surface area contributed by atoms with Crippen molar-refractivity contribution in [2.24, 2.45) is 5.73 Å². The molecule has 1 heterocycles. The van der Waals surface area contributed by atoms with E-state index in [4.69, 9.17) is 10.8 Å². The zero-order chi connectivity index (χ0) is 16.8. The summed E-state index contributed by atoms with van der Waals surface area (Å²) >= 11 is 0. The predicted octanol–water partition coefficient (Wildman–Crippen LogP) is -0.252. The van der Waals surface area contributed by atoms with Crippen molar-refractivity contribution in [3.8, 4) is 0 Å². The Labute approximate surface area is 134 Å². The predicted molar refractivity (Wildman–Crippen MR) is 83.5 cm³/mol. The van der Waals surface area contributed by atoms with Crippen LogP contribution < -0.4 is 11.1 Å². The third-order valence-corrected chi connectivity index (χ3v) is 3.87. The van der Waals surface area contributed by atoms with Gasteiger partial charge in [0.25, 0.3) is 0 Å². The van der Waals surface area contributed by atoms with E-state index in [0.29, 0.717) is 25.8 Å². The van der Waals surface area contributed by atoms with E-state index in [1.165, 1.54) is 4.90 Å². The van der Waals surface area contributed by atoms with Gasteiger partial charge in [0.15, 0.2) is 0 Å². The third kappa shape index (κ3) is 4.53. The van der Waals surface area contributed by atoms with Crippen LogP contribution in [0, 0.1) is 0 Å². The fourth-order valence-corrected chi connectivity index (χ4v) is 2.75. The Bertz CT molecular complexity index is 576. The number of aliphatic carboxylic acids is 1. The van der Waals surface area contributed by atoms with Crippen LogP contribution >= 0.6 is 0 Å². The molecule has 2 amide bonds. The van der Waals surface area contributed by atoms with E-state index in [1.807, 2.05) is 30.3 Å². The van der Waals surface area contributed by atoms with Gasteiger partial charge in [0.2, 0.25) is 11.8 Å². The molecular formula is C16H21N3O4. The molecule has 1 aliphatic rings. The Morgan fingerprint density at radius 2 is 2.00 bits per heavy atom. The lowest BCUT2D eigenvalue weighted by molar-refractivity contribution is -0.141. The summed E-state index contributed by atoms with van der Waals surface area (Å²) in [5.41, 5.74) is 6.95. The molecule has 0 bridgehead atoms. The minimum atomic E-state index is -1.12. The number of carbonyl (C=O) groups is 3. The van der Waals surface area contributed by atoms with E-state index in [2.05, 4.69) is 5.32 Å². The first-order valence-corrected chi connectivity index (χ1v) is 7.58. The topological polar surface area (TPSA) is 113 Å². The summed E-state index contributed by atoms with van der Waals surface area (Å²) in [7, 11) is 0. The molecule has 0 radical (unpaired) electrons. The summed E-state index contributed by atoms with van der Waals surface area (Å²) in [5.74, 6) is -1.83. The van der Waals surface area contributed by atoms with Gasteiger partial charge in [-0.15, -0.1) is 0 Å². The van der Waals surface area contributed by atoms with Gasteiger partial charge in [-0.1, -0.05) is 30.3 Å². The van der Waals surface area contributed by atoms with Crippen LogP contribution in [-0.2, 0) is 20.8 Å². The smallest absolute Gasteiger partial charge is 0.322 e. The van der Waals surface area contributed by atoms with Gasteiger partial charge in [-0.3, -0.25) is 14.4 Å². The highest BCUT2D eigenvalue weighted by Gasteiger charge is 2.36. The SMILES string of the molecule is N[C@@H](Cc1ccccc1)C(=O)N1CCC[C@@H]1C(=O)NCC(=O)O. The zero-order valence-corrected chi connectivity index (χ0v) is 12.8. The molecule has 1 fully saturated rings. The van der Waals surface area contributed by atoms with Crippen molar-refractivity contribution in [1.29, 1.82) is 0 Å². The van der Waals surface area contributed by atoms with E-state index < -0.39 is 30.5 Å². The van der Waals surface area contributed by atoms with Crippen LogP contribution in [0.5, 0.6) is 0 Å². The van der Waals surface area contributed by atoms with Gasteiger partial charge in [0.1, 0.15) is 12.6 Å². The normalized spacial score (nSPS) is 18.5. The van der Waals surface area contributed by atoms with Crippen molar-refractivity contribution in [2.45, 2.75) is 31.3 Å². The maximum atomic E-state index is 12.5. The van der Waals surface area contributed by atoms with Crippen LogP contribution in [0.25, 0.3) is 0 Å². The number of hydrogen-bond acceptors (Lipinski definition) is 4. The van der Waals surface area contributed by atoms with Gasteiger partial charge < -0.3 is 21.1 Å². The maximum Gasteiger partial charge on any atom is 0.322 e. The summed E-state index contributed by atoms with van der Waals surface area (Å²) in [6.07, 6.45) is 1.63. The molecule has 0 spiro atoms. The van der Waals surface area contributed by atoms with Gasteiger partial charge in [0, 0.05) is 6.54 Å². The molecule has 1 aliphatic heterocycles. The lowest BCUT2D eigenvalue weighted by Gasteiger charge is -2.26. The molecule has 0 saturated carbocycles. The zero-order valence-electron chi connectivity index (χ0n) is 12.8. The van der Waals surface area contributed by atoms with E-state index in [1.54, 1.807) is 0 Å². The highest BCUT2D eigenvalue weighted by molar-refractivity contribution is 5.91. The average Bonchev–Trinajstić information content (AvgIpc) is 3.02. The first-order chi connectivity index (χ1) is 11.0. The molecule has 1 aromatic rings. The Morgan fingerprint density at radius 1 is 1.30 bits per heavy atom. The number of carboxylic acids is 1. The molecule has 0 aliphatic carbocycles. The van der Waals surface area contributed by atoms with Crippen LogP contribution in [0.2, 0.25) is 0 Å². The summed E-state index contributed by atoms with van der Waals surface area (Å²) in [5, 5.41) is 10.9. The van der Waals surface area contributed by atoms with Gasteiger partial charge in [0.05, 0.1) is 6.04 Å². The Kier molecular flexibility index (Phi) is 5.70. The molecule has 2 rings (SSSR count). The Hall–Kier alpha value is -2.41. The second-order valence-electron chi connectivity index (χ2n) is 5.60. The number of amides is 2. The number of rotatable bonds is 6. The van der Waals surface area contributed by atoms with E-state index in [-0.39, 0.29) is 5.91 Å². The molecule has 1 saturated heterocycles. The van der Waals surface area contributed by atoms with Crippen molar-refractivity contribution in [3.63, 3.8) is 0 Å². The molecule has 23 heavy (non-hydrogen) atoms. The van der Waals surface area contributed by atoms with Crippen molar-refractivity contribution < 1.29 is 19.5 Å². The van der Waals surface area contributed by atoms with Crippen LogP contribution in [0.15, 0.2) is 30.3 Å². The summed E-state index contributed by atoms with van der Waals surface area (Å²) in [6.45, 7) is 0.0138. The number of carboxylic acid groups (broad SMARTS) is 1. The monoisotopic (exact) mass is 319 g/mol. The highest BCUT2D eigenvalue weighted by Crippen LogP contribution is 2.19. The number of nitrogens with two attached hydrogens (primary N) is 1. The van der Waals surface area contributed by atoms with E-state index in [0.717, 1.165) is 5.56 Å². The maximum absolute atomic E-state index is 12.5. The standard InChI is InChI=1S/C16H21N3O4/c17-12(9-11-5-2-1-3-6-11)16(23)19-8-4-7-13(19)15(22)18-10-14(20)21/h1-3,5-6,12-13H,4,7-10,17H2,(H,18,22)(H,20,21)/t12-,13+/m0/s1.